The third-order valence-corrected chi connectivity index (χ3v) is 5.57. The lowest BCUT2D eigenvalue weighted by Gasteiger charge is -2.09. The second-order valence-corrected chi connectivity index (χ2v) is 7.65. The largest absolute Gasteiger partial charge is 0.399 e. The van der Waals surface area contributed by atoms with Crippen LogP contribution in [0, 0.1) is 0 Å². The fourth-order valence-electron chi connectivity index (χ4n) is 3.44. The molecule has 0 aliphatic rings. The van der Waals surface area contributed by atoms with Gasteiger partial charge in [0.1, 0.15) is 0 Å². The Morgan fingerprint density at radius 1 is 0.538 bits per heavy atom. The van der Waals surface area contributed by atoms with Crippen molar-refractivity contribution in [2.24, 2.45) is 0 Å². The van der Waals surface area contributed by atoms with Gasteiger partial charge in [0.2, 0.25) is 0 Å². The minimum Gasteiger partial charge on any atom is -0.399 e. The Bertz CT molecular complexity index is 1200. The summed E-state index contributed by atoms with van der Waals surface area (Å²) in [5, 5.41) is 8.18. The number of rotatable bonds is 0. The first-order valence-electron chi connectivity index (χ1n) is 8.84. The highest BCUT2D eigenvalue weighted by Crippen LogP contribution is 2.28. The molecule has 0 spiro atoms. The van der Waals surface area contributed by atoms with Crippen LogP contribution in [0.4, 0.5) is 5.69 Å². The molecule has 0 aliphatic heterocycles. The van der Waals surface area contributed by atoms with Gasteiger partial charge in [-0.15, -0.1) is 4.43 Å². The molecule has 124 valence electrons. The van der Waals surface area contributed by atoms with E-state index in [4.69, 9.17) is 5.73 Å². The molecule has 5 aromatic carbocycles. The zero-order chi connectivity index (χ0) is 17.9. The maximum atomic E-state index is 5.36. The molecule has 2 heteroatoms. The summed E-state index contributed by atoms with van der Waals surface area (Å²) in [4.78, 5) is 0. The third kappa shape index (κ3) is 3.30. The van der Waals surface area contributed by atoms with E-state index in [0.717, 1.165) is 22.0 Å². The van der Waals surface area contributed by atoms with Crippen molar-refractivity contribution in [3.05, 3.63) is 97.1 Å². The van der Waals surface area contributed by atoms with Gasteiger partial charge in [0.05, 0.1) is 0 Å². The smallest absolute Gasteiger partial charge is 0.259 e. The molecule has 5 rings (SSSR count). The Balaban J connectivity index is 0.000000204. The van der Waals surface area contributed by atoms with Gasteiger partial charge in [0.25, 0.3) is 16.3 Å². The van der Waals surface area contributed by atoms with Gasteiger partial charge in [-0.3, -0.25) is 0 Å². The van der Waals surface area contributed by atoms with Crippen molar-refractivity contribution < 1.29 is 0 Å². The van der Waals surface area contributed by atoms with Crippen LogP contribution in [-0.2, 0) is 0 Å². The SMILES string of the molecule is Nc1ccccc1.[AlH2][c]1cccc2ccc3cc4ccccc4cc3c12. The number of hydrogen-bond acceptors (Lipinski definition) is 1. The van der Waals surface area contributed by atoms with E-state index in [1.807, 2.05) is 30.3 Å². The number of fused-ring (bicyclic) bond motifs is 4. The summed E-state index contributed by atoms with van der Waals surface area (Å²) in [5.41, 5.74) is 6.18. The van der Waals surface area contributed by atoms with Gasteiger partial charge in [-0.2, -0.15) is 0 Å². The lowest BCUT2D eigenvalue weighted by atomic mass is 9.98. The van der Waals surface area contributed by atoms with Crippen LogP contribution in [0.2, 0.25) is 0 Å². The third-order valence-electron chi connectivity index (χ3n) is 4.73. The molecule has 0 amide bonds. The van der Waals surface area contributed by atoms with Crippen molar-refractivity contribution in [3.8, 4) is 0 Å². The molecular formula is C24H20AlN. The fraction of sp³-hybridized carbons (Fsp3) is 0. The number of anilines is 1. The van der Waals surface area contributed by atoms with Gasteiger partial charge in [-0.1, -0.05) is 72.8 Å². The molecule has 0 radical (unpaired) electrons. The van der Waals surface area contributed by atoms with E-state index < -0.39 is 0 Å². The second kappa shape index (κ2) is 7.22. The Morgan fingerprint density at radius 2 is 1.15 bits per heavy atom. The van der Waals surface area contributed by atoms with E-state index in [1.54, 1.807) is 0 Å². The number of benzene rings is 5. The summed E-state index contributed by atoms with van der Waals surface area (Å²) in [7, 11) is 0. The average Bonchev–Trinajstić information content (AvgIpc) is 2.67. The lowest BCUT2D eigenvalue weighted by Crippen LogP contribution is -2.03. The van der Waals surface area contributed by atoms with E-state index in [-0.39, 0.29) is 0 Å². The number of nitrogen functional groups attached to an aromatic ring is 1. The predicted octanol–water partition coefficient (Wildman–Crippen LogP) is 4.67. The van der Waals surface area contributed by atoms with Crippen molar-refractivity contribution >= 4 is 58.7 Å². The number of hydrogen-bond donors (Lipinski definition) is 1. The molecule has 1 nitrogen and oxygen atoms in total. The molecular weight excluding hydrogens is 329 g/mol. The van der Waals surface area contributed by atoms with Crippen LogP contribution in [0.1, 0.15) is 0 Å². The summed E-state index contributed by atoms with van der Waals surface area (Å²) in [6.45, 7) is 0. The van der Waals surface area contributed by atoms with Gasteiger partial charge >= 0.3 is 0 Å². The Morgan fingerprint density at radius 3 is 1.85 bits per heavy atom. The van der Waals surface area contributed by atoms with Crippen molar-refractivity contribution in [1.29, 1.82) is 0 Å². The van der Waals surface area contributed by atoms with Gasteiger partial charge in [-0.05, 0) is 56.6 Å². The number of nitrogens with two attached hydrogens (primary N) is 1. The standard InChI is InChI=1S/C18H11.C6H7N.Al.2H/c1-2-7-15-12-18-16(11-14(15)6-1)10-9-13-5-3-4-8-17(13)18;7-6-4-2-1-3-5-6;;;/h1-7,9-12H;1-5H,7H2;;;. The summed E-state index contributed by atoms with van der Waals surface area (Å²) < 4.78 is 1.48. The van der Waals surface area contributed by atoms with Gasteiger partial charge in [0.15, 0.2) is 0 Å². The topological polar surface area (TPSA) is 26.0 Å². The first-order valence-corrected chi connectivity index (χ1v) is 9.84. The quantitative estimate of drug-likeness (QED) is 0.187. The molecule has 0 saturated carbocycles. The van der Waals surface area contributed by atoms with Gasteiger partial charge in [0, 0.05) is 5.69 Å². The molecule has 0 fully saturated rings. The highest BCUT2D eigenvalue weighted by atomic mass is 27.0. The minimum absolute atomic E-state index is 0.822. The monoisotopic (exact) mass is 349 g/mol. The summed E-state index contributed by atoms with van der Waals surface area (Å²) >= 11 is 1.09. The van der Waals surface area contributed by atoms with Crippen molar-refractivity contribution in [2.45, 2.75) is 0 Å². The number of para-hydroxylation sites is 1. The van der Waals surface area contributed by atoms with Crippen LogP contribution in [0.15, 0.2) is 97.1 Å². The van der Waals surface area contributed by atoms with Crippen LogP contribution >= 0.6 is 0 Å². The first kappa shape index (κ1) is 16.7. The zero-order valence-corrected chi connectivity index (χ0v) is 16.8. The zero-order valence-electron chi connectivity index (χ0n) is 14.8. The minimum atomic E-state index is 0.822. The van der Waals surface area contributed by atoms with Crippen molar-refractivity contribution in [3.63, 3.8) is 0 Å². The van der Waals surface area contributed by atoms with Crippen LogP contribution in [0.25, 0.3) is 32.3 Å². The normalized spacial score (nSPS) is 10.6. The molecule has 2 N–H and O–H groups in total. The molecule has 5 aromatic rings. The predicted molar refractivity (Wildman–Crippen MR) is 118 cm³/mol. The highest BCUT2D eigenvalue weighted by molar-refractivity contribution is 6.41. The Kier molecular flexibility index (Phi) is 4.63. The Hall–Kier alpha value is -2.79. The lowest BCUT2D eigenvalue weighted by molar-refractivity contribution is 1.69. The first-order chi connectivity index (χ1) is 12.7. The van der Waals surface area contributed by atoms with E-state index in [9.17, 15) is 0 Å². The average molecular weight is 349 g/mol. The van der Waals surface area contributed by atoms with Crippen LogP contribution < -0.4 is 10.2 Å². The second-order valence-electron chi connectivity index (χ2n) is 6.57. The van der Waals surface area contributed by atoms with Crippen LogP contribution in [-0.4, -0.2) is 16.3 Å². The molecule has 0 atom stereocenters. The van der Waals surface area contributed by atoms with Crippen molar-refractivity contribution in [2.75, 3.05) is 5.73 Å². The molecule has 0 heterocycles. The van der Waals surface area contributed by atoms with Crippen molar-refractivity contribution in [1.82, 2.24) is 0 Å². The van der Waals surface area contributed by atoms with Gasteiger partial charge in [-0.25, -0.2) is 0 Å². The molecule has 0 unspecified atom stereocenters. The molecule has 0 bridgehead atoms. The summed E-state index contributed by atoms with van der Waals surface area (Å²) in [5.74, 6) is 0. The van der Waals surface area contributed by atoms with Gasteiger partial charge < -0.3 is 5.73 Å². The van der Waals surface area contributed by atoms with E-state index in [0.29, 0.717) is 0 Å². The fourth-order valence-corrected chi connectivity index (χ4v) is 4.19. The highest BCUT2D eigenvalue weighted by Gasteiger charge is 2.04. The summed E-state index contributed by atoms with van der Waals surface area (Å²) in [6.07, 6.45) is 0. The molecule has 26 heavy (non-hydrogen) atoms. The van der Waals surface area contributed by atoms with Crippen LogP contribution in [0.5, 0.6) is 0 Å². The summed E-state index contributed by atoms with van der Waals surface area (Å²) in [6, 6.07) is 33.8. The molecule has 0 aliphatic carbocycles. The maximum Gasteiger partial charge on any atom is 0.259 e. The Labute approximate surface area is 161 Å². The van der Waals surface area contributed by atoms with E-state index >= 15 is 0 Å². The van der Waals surface area contributed by atoms with Crippen LogP contribution in [0.3, 0.4) is 0 Å². The molecule has 0 aromatic heterocycles. The maximum absolute atomic E-state index is 5.36. The van der Waals surface area contributed by atoms with E-state index in [1.165, 1.54) is 36.7 Å². The molecule has 0 saturated heterocycles. The van der Waals surface area contributed by atoms with E-state index in [2.05, 4.69) is 66.7 Å².